The first-order chi connectivity index (χ1) is 10.5. The summed E-state index contributed by atoms with van der Waals surface area (Å²) < 4.78 is 18.6. The first-order valence-corrected chi connectivity index (χ1v) is 6.76. The monoisotopic (exact) mass is 338 g/mol. The lowest BCUT2D eigenvalue weighted by atomic mass is 10.1. The molecule has 112 valence electrons. The smallest absolute Gasteiger partial charge is 0.259 e. The Morgan fingerprint density at radius 2 is 1.95 bits per heavy atom. The molecule has 0 aliphatic carbocycles. The lowest BCUT2D eigenvalue weighted by molar-refractivity contribution is 0.102. The van der Waals surface area contributed by atoms with Crippen LogP contribution in [-0.2, 0) is 0 Å². The molecule has 2 rings (SSSR count). The number of methoxy groups -OCH3 is 1. The molecule has 4 nitrogen and oxygen atoms in total. The highest BCUT2D eigenvalue weighted by Crippen LogP contribution is 2.31. The first kappa shape index (κ1) is 16.1. The molecule has 0 spiro atoms. The quantitative estimate of drug-likeness (QED) is 0.909. The number of carbonyl (C=O) groups excluding carboxylic acids is 1. The van der Waals surface area contributed by atoms with E-state index in [2.05, 4.69) is 5.32 Å². The summed E-state index contributed by atoms with van der Waals surface area (Å²) in [6.07, 6.45) is 0. The van der Waals surface area contributed by atoms with Crippen molar-refractivity contribution in [1.82, 2.24) is 0 Å². The van der Waals surface area contributed by atoms with Gasteiger partial charge >= 0.3 is 0 Å². The van der Waals surface area contributed by atoms with Gasteiger partial charge in [-0.15, -0.1) is 0 Å². The minimum atomic E-state index is -0.721. The van der Waals surface area contributed by atoms with Crippen molar-refractivity contribution >= 4 is 34.8 Å². The van der Waals surface area contributed by atoms with Crippen molar-refractivity contribution in [3.8, 4) is 11.8 Å². The largest absolute Gasteiger partial charge is 0.496 e. The van der Waals surface area contributed by atoms with Crippen LogP contribution in [0, 0.1) is 17.1 Å². The van der Waals surface area contributed by atoms with E-state index in [9.17, 15) is 9.18 Å². The molecule has 1 amide bonds. The fourth-order valence-electron chi connectivity index (χ4n) is 1.76. The Morgan fingerprint density at radius 3 is 2.55 bits per heavy atom. The predicted molar refractivity (Wildman–Crippen MR) is 82.1 cm³/mol. The number of nitriles is 1. The fourth-order valence-corrected chi connectivity index (χ4v) is 2.07. The number of halogens is 3. The lowest BCUT2D eigenvalue weighted by Crippen LogP contribution is -2.13. The van der Waals surface area contributed by atoms with E-state index in [1.165, 1.54) is 31.4 Å². The molecule has 0 aliphatic heterocycles. The molecular weight excluding hydrogens is 330 g/mol. The van der Waals surface area contributed by atoms with Crippen molar-refractivity contribution in [3.05, 3.63) is 57.3 Å². The zero-order valence-electron chi connectivity index (χ0n) is 11.3. The van der Waals surface area contributed by atoms with E-state index >= 15 is 0 Å². The summed E-state index contributed by atoms with van der Waals surface area (Å²) in [7, 11) is 1.39. The van der Waals surface area contributed by atoms with Crippen LogP contribution in [0.15, 0.2) is 30.3 Å². The maximum Gasteiger partial charge on any atom is 0.259 e. The average Bonchev–Trinajstić information content (AvgIpc) is 2.49. The molecule has 0 heterocycles. The van der Waals surface area contributed by atoms with Gasteiger partial charge in [0.15, 0.2) is 0 Å². The second-order valence-corrected chi connectivity index (χ2v) is 5.04. The second kappa shape index (κ2) is 6.65. The summed E-state index contributed by atoms with van der Waals surface area (Å²) in [5.74, 6) is -1.03. The molecule has 1 N–H and O–H groups in total. The lowest BCUT2D eigenvalue weighted by Gasteiger charge is -2.11. The zero-order chi connectivity index (χ0) is 16.3. The number of amides is 1. The third-order valence-electron chi connectivity index (χ3n) is 2.83. The van der Waals surface area contributed by atoms with Crippen molar-refractivity contribution in [2.45, 2.75) is 0 Å². The van der Waals surface area contributed by atoms with E-state index in [1.807, 2.05) is 0 Å². The van der Waals surface area contributed by atoms with E-state index in [1.54, 1.807) is 6.07 Å². The van der Waals surface area contributed by atoms with Crippen LogP contribution in [0.25, 0.3) is 0 Å². The van der Waals surface area contributed by atoms with Gasteiger partial charge in [0.05, 0.1) is 28.3 Å². The SMILES string of the molecule is COc1cc(Cl)c(Cl)cc1C(=O)Nc1ccc(C#N)c(F)c1. The molecule has 2 aromatic rings. The summed E-state index contributed by atoms with van der Waals surface area (Å²) in [5.41, 5.74) is 0.251. The molecule has 0 unspecified atom stereocenters. The van der Waals surface area contributed by atoms with Gasteiger partial charge in [-0.1, -0.05) is 23.2 Å². The Balaban J connectivity index is 2.32. The second-order valence-electron chi connectivity index (χ2n) is 4.23. The maximum absolute atomic E-state index is 13.5. The predicted octanol–water partition coefficient (Wildman–Crippen LogP) is 4.27. The molecule has 7 heteroatoms. The standard InChI is InChI=1S/C15H9Cl2FN2O2/c1-22-14-6-12(17)11(16)5-10(14)15(21)20-9-3-2-8(7-19)13(18)4-9/h2-6H,1H3,(H,20,21). The molecule has 0 saturated heterocycles. The van der Waals surface area contributed by atoms with Gasteiger partial charge in [0.25, 0.3) is 5.91 Å². The molecule has 0 radical (unpaired) electrons. The summed E-state index contributed by atoms with van der Waals surface area (Å²) in [5, 5.41) is 11.6. The van der Waals surface area contributed by atoms with Gasteiger partial charge in [-0.2, -0.15) is 5.26 Å². The van der Waals surface area contributed by atoms with E-state index in [4.69, 9.17) is 33.2 Å². The van der Waals surface area contributed by atoms with Crippen molar-refractivity contribution in [2.24, 2.45) is 0 Å². The topological polar surface area (TPSA) is 62.1 Å². The highest BCUT2D eigenvalue weighted by molar-refractivity contribution is 6.42. The van der Waals surface area contributed by atoms with Gasteiger partial charge in [0, 0.05) is 11.8 Å². The van der Waals surface area contributed by atoms with Crippen molar-refractivity contribution in [2.75, 3.05) is 12.4 Å². The molecule has 0 saturated carbocycles. The minimum absolute atomic E-state index is 0.106. The minimum Gasteiger partial charge on any atom is -0.496 e. The third-order valence-corrected chi connectivity index (χ3v) is 3.56. The average molecular weight is 339 g/mol. The van der Waals surface area contributed by atoms with Crippen LogP contribution < -0.4 is 10.1 Å². The fraction of sp³-hybridized carbons (Fsp3) is 0.0667. The van der Waals surface area contributed by atoms with Gasteiger partial charge in [0.2, 0.25) is 0 Å². The number of carbonyl (C=O) groups is 1. The molecule has 0 aliphatic rings. The van der Waals surface area contributed by atoms with Crippen molar-refractivity contribution in [1.29, 1.82) is 5.26 Å². The highest BCUT2D eigenvalue weighted by Gasteiger charge is 2.16. The summed E-state index contributed by atoms with van der Waals surface area (Å²) in [6.45, 7) is 0. The van der Waals surface area contributed by atoms with Crippen LogP contribution in [0.3, 0.4) is 0 Å². The number of hydrogen-bond donors (Lipinski definition) is 1. The van der Waals surface area contributed by atoms with Gasteiger partial charge in [-0.25, -0.2) is 4.39 Å². The van der Waals surface area contributed by atoms with E-state index in [0.29, 0.717) is 0 Å². The van der Waals surface area contributed by atoms with Crippen LogP contribution >= 0.6 is 23.2 Å². The zero-order valence-corrected chi connectivity index (χ0v) is 12.8. The molecular formula is C15H9Cl2FN2O2. The Labute approximate surface area is 136 Å². The number of rotatable bonds is 3. The summed E-state index contributed by atoms with van der Waals surface area (Å²) in [4.78, 5) is 12.2. The van der Waals surface area contributed by atoms with Crippen LogP contribution in [-0.4, -0.2) is 13.0 Å². The molecule has 0 fully saturated rings. The van der Waals surface area contributed by atoms with Crippen molar-refractivity contribution in [3.63, 3.8) is 0 Å². The van der Waals surface area contributed by atoms with Crippen molar-refractivity contribution < 1.29 is 13.9 Å². The van der Waals surface area contributed by atoms with Gasteiger partial charge in [-0.3, -0.25) is 4.79 Å². The van der Waals surface area contributed by atoms with E-state index in [0.717, 1.165) is 6.07 Å². The molecule has 0 aromatic heterocycles. The maximum atomic E-state index is 13.5. The summed E-state index contributed by atoms with van der Waals surface area (Å²) >= 11 is 11.8. The molecule has 22 heavy (non-hydrogen) atoms. The number of anilines is 1. The Morgan fingerprint density at radius 1 is 1.27 bits per heavy atom. The van der Waals surface area contributed by atoms with Crippen LogP contribution in [0.1, 0.15) is 15.9 Å². The number of ether oxygens (including phenoxy) is 1. The Hall–Kier alpha value is -2.29. The van der Waals surface area contributed by atoms with E-state index in [-0.39, 0.29) is 32.6 Å². The van der Waals surface area contributed by atoms with E-state index < -0.39 is 11.7 Å². The number of nitrogens with one attached hydrogen (secondary N) is 1. The number of nitrogens with zero attached hydrogens (tertiary/aromatic N) is 1. The molecule has 2 aromatic carbocycles. The first-order valence-electron chi connectivity index (χ1n) is 6.00. The normalized spacial score (nSPS) is 9.95. The van der Waals surface area contributed by atoms with Gasteiger partial charge in [0.1, 0.15) is 17.6 Å². The molecule has 0 atom stereocenters. The van der Waals surface area contributed by atoms with Gasteiger partial charge in [-0.05, 0) is 24.3 Å². The Kier molecular flexibility index (Phi) is 4.86. The number of benzene rings is 2. The number of hydrogen-bond acceptors (Lipinski definition) is 3. The van der Waals surface area contributed by atoms with Crippen LogP contribution in [0.2, 0.25) is 10.0 Å². The molecule has 0 bridgehead atoms. The highest BCUT2D eigenvalue weighted by atomic mass is 35.5. The van der Waals surface area contributed by atoms with Gasteiger partial charge < -0.3 is 10.1 Å². The Bertz CT molecular complexity index is 788. The van der Waals surface area contributed by atoms with Crippen LogP contribution in [0.5, 0.6) is 5.75 Å². The van der Waals surface area contributed by atoms with Crippen LogP contribution in [0.4, 0.5) is 10.1 Å². The summed E-state index contributed by atoms with van der Waals surface area (Å²) in [6, 6.07) is 8.22. The third kappa shape index (κ3) is 3.30.